The van der Waals surface area contributed by atoms with Gasteiger partial charge in [-0.2, -0.15) is 0 Å². The Labute approximate surface area is 139 Å². The Bertz CT molecular complexity index is 529. The summed E-state index contributed by atoms with van der Waals surface area (Å²) < 4.78 is 5.28. The first-order valence-corrected chi connectivity index (χ1v) is 8.54. The van der Waals surface area contributed by atoms with Gasteiger partial charge in [0, 0.05) is 5.92 Å². The van der Waals surface area contributed by atoms with Crippen LogP contribution in [0.4, 0.5) is 0 Å². The number of esters is 1. The molecular weight excluding hydrogens is 292 g/mol. The largest absolute Gasteiger partial charge is 0.481 e. The molecule has 0 aromatic carbocycles. The van der Waals surface area contributed by atoms with Crippen molar-refractivity contribution in [1.82, 2.24) is 0 Å². The number of carbonyl (C=O) groups excluding carboxylic acids is 1. The second kappa shape index (κ2) is 5.64. The second-order valence-electron chi connectivity index (χ2n) is 8.66. The predicted octanol–water partition coefficient (Wildman–Crippen LogP) is 3.76. The van der Waals surface area contributed by atoms with Crippen molar-refractivity contribution in [3.63, 3.8) is 0 Å². The first kappa shape index (κ1) is 18.0. The van der Waals surface area contributed by atoms with Crippen LogP contribution in [0.5, 0.6) is 0 Å². The molecular formula is C19H30O4. The van der Waals surface area contributed by atoms with Gasteiger partial charge < -0.3 is 9.84 Å². The number of ether oxygens (including phenoxy) is 1. The van der Waals surface area contributed by atoms with Crippen molar-refractivity contribution < 1.29 is 19.4 Å². The van der Waals surface area contributed by atoms with Crippen molar-refractivity contribution in [3.05, 3.63) is 12.2 Å². The Balaban J connectivity index is 0.000000168. The maximum Gasteiger partial charge on any atom is 0.310 e. The van der Waals surface area contributed by atoms with E-state index in [1.165, 1.54) is 0 Å². The third-order valence-electron chi connectivity index (χ3n) is 6.00. The van der Waals surface area contributed by atoms with E-state index >= 15 is 0 Å². The van der Waals surface area contributed by atoms with Crippen molar-refractivity contribution in [2.75, 3.05) is 0 Å². The number of carbonyl (C=O) groups is 2. The van der Waals surface area contributed by atoms with Gasteiger partial charge in [0.2, 0.25) is 0 Å². The summed E-state index contributed by atoms with van der Waals surface area (Å²) in [4.78, 5) is 22.0. The van der Waals surface area contributed by atoms with Crippen LogP contribution in [0.3, 0.4) is 0 Å². The fraction of sp³-hybridized carbons (Fsp3) is 0.789. The Kier molecular flexibility index (Phi) is 4.42. The van der Waals surface area contributed by atoms with Gasteiger partial charge >= 0.3 is 11.9 Å². The van der Waals surface area contributed by atoms with Crippen LogP contribution in [0, 0.1) is 40.4 Å². The molecule has 2 unspecified atom stereocenters. The quantitative estimate of drug-likeness (QED) is 0.635. The molecule has 5 atom stereocenters. The number of allylic oxidation sites excluding steroid dienone is 2. The predicted molar refractivity (Wildman–Crippen MR) is 88.7 cm³/mol. The Morgan fingerprint density at radius 1 is 1.22 bits per heavy atom. The summed E-state index contributed by atoms with van der Waals surface area (Å²) >= 11 is 0. The van der Waals surface area contributed by atoms with Gasteiger partial charge in [-0.05, 0) is 29.6 Å². The molecule has 23 heavy (non-hydrogen) atoms. The number of cyclic esters (lactones) is 1. The van der Waals surface area contributed by atoms with Crippen LogP contribution in [-0.4, -0.2) is 23.1 Å². The van der Waals surface area contributed by atoms with Crippen LogP contribution >= 0.6 is 0 Å². The standard InChI is InChI=1S/C10H16O2.C9H14O2/c1-5(2)8-6-7(9(11)12-8)10(6,3)4;1-4-5-6-7(8(10)11)9(6,2)3/h5-8H,1-4H3;4-7H,1-3H3,(H,10,11)/b;5-4+/t6-,7+,8?;6-,7?/m10/s1. The van der Waals surface area contributed by atoms with Crippen LogP contribution in [-0.2, 0) is 14.3 Å². The summed E-state index contributed by atoms with van der Waals surface area (Å²) in [7, 11) is 0. The molecule has 0 radical (unpaired) electrons. The van der Waals surface area contributed by atoms with E-state index in [9.17, 15) is 9.59 Å². The summed E-state index contributed by atoms with van der Waals surface area (Å²) in [6, 6.07) is 0. The zero-order valence-corrected chi connectivity index (χ0v) is 15.3. The Hall–Kier alpha value is -1.32. The van der Waals surface area contributed by atoms with Crippen LogP contribution in [0.2, 0.25) is 0 Å². The van der Waals surface area contributed by atoms with Gasteiger partial charge in [0.15, 0.2) is 0 Å². The lowest BCUT2D eigenvalue weighted by atomic mass is 9.97. The molecule has 3 aliphatic rings. The van der Waals surface area contributed by atoms with Gasteiger partial charge in [0.05, 0.1) is 11.8 Å². The molecule has 1 aliphatic heterocycles. The van der Waals surface area contributed by atoms with E-state index < -0.39 is 5.97 Å². The fourth-order valence-corrected chi connectivity index (χ4v) is 4.29. The van der Waals surface area contributed by atoms with Crippen molar-refractivity contribution in [1.29, 1.82) is 0 Å². The normalized spacial score (nSPS) is 38.6. The van der Waals surface area contributed by atoms with Crippen molar-refractivity contribution >= 4 is 11.9 Å². The van der Waals surface area contributed by atoms with E-state index in [0.717, 1.165) is 0 Å². The van der Waals surface area contributed by atoms with Crippen molar-refractivity contribution in [3.8, 4) is 0 Å². The molecule has 3 fully saturated rings. The van der Waals surface area contributed by atoms with Crippen LogP contribution in [0.15, 0.2) is 12.2 Å². The minimum absolute atomic E-state index is 0.0294. The van der Waals surface area contributed by atoms with Crippen LogP contribution < -0.4 is 0 Å². The number of carboxylic acid groups (broad SMARTS) is 1. The zero-order valence-electron chi connectivity index (χ0n) is 15.3. The van der Waals surface area contributed by atoms with Gasteiger partial charge in [-0.3, -0.25) is 9.59 Å². The molecule has 1 heterocycles. The lowest BCUT2D eigenvalue weighted by Crippen LogP contribution is -2.24. The van der Waals surface area contributed by atoms with Gasteiger partial charge in [-0.25, -0.2) is 0 Å². The second-order valence-corrected chi connectivity index (χ2v) is 8.66. The topological polar surface area (TPSA) is 63.6 Å². The summed E-state index contributed by atoms with van der Waals surface area (Å²) in [6.45, 7) is 14.5. The molecule has 130 valence electrons. The molecule has 2 saturated carbocycles. The molecule has 0 aromatic rings. The highest BCUT2D eigenvalue weighted by Crippen LogP contribution is 2.65. The first-order chi connectivity index (χ1) is 10.5. The number of rotatable bonds is 3. The molecule has 4 nitrogen and oxygen atoms in total. The smallest absolute Gasteiger partial charge is 0.310 e. The molecule has 3 rings (SSSR count). The zero-order chi connectivity index (χ0) is 17.7. The SMILES string of the molecule is C/C=C/[C@H]1C(C(=O)O)C1(C)C.CC(C)C1OC(=O)[C@@H]2[C@H]1C2(C)C. The van der Waals surface area contributed by atoms with Crippen molar-refractivity contribution in [2.45, 2.75) is 54.6 Å². The van der Waals surface area contributed by atoms with Gasteiger partial charge in [0.1, 0.15) is 6.10 Å². The summed E-state index contributed by atoms with van der Waals surface area (Å²) in [5, 5.41) is 8.75. The lowest BCUT2D eigenvalue weighted by molar-refractivity contribution is -0.149. The molecule has 1 N–H and O–H groups in total. The van der Waals surface area contributed by atoms with E-state index in [4.69, 9.17) is 9.84 Å². The van der Waals surface area contributed by atoms with E-state index in [1.807, 2.05) is 32.9 Å². The number of carboxylic acids is 1. The first-order valence-electron chi connectivity index (χ1n) is 8.54. The minimum atomic E-state index is -0.668. The van der Waals surface area contributed by atoms with Crippen molar-refractivity contribution in [2.24, 2.45) is 40.4 Å². The monoisotopic (exact) mass is 322 g/mol. The highest BCUT2D eigenvalue weighted by molar-refractivity contribution is 5.80. The van der Waals surface area contributed by atoms with E-state index in [0.29, 0.717) is 11.8 Å². The average Bonchev–Trinajstić information content (AvgIpc) is 3.06. The Morgan fingerprint density at radius 2 is 1.78 bits per heavy atom. The molecule has 0 amide bonds. The summed E-state index contributed by atoms with van der Waals surface area (Å²) in [6.07, 6.45) is 4.09. The average molecular weight is 322 g/mol. The third kappa shape index (κ3) is 2.92. The highest BCUT2D eigenvalue weighted by atomic mass is 16.6. The molecule has 0 bridgehead atoms. The lowest BCUT2D eigenvalue weighted by Gasteiger charge is -2.20. The number of aliphatic carboxylic acids is 1. The Morgan fingerprint density at radius 3 is 2.04 bits per heavy atom. The number of hydrogen-bond donors (Lipinski definition) is 1. The molecule has 2 aliphatic carbocycles. The molecule has 4 heteroatoms. The summed E-state index contributed by atoms with van der Waals surface area (Å²) in [5.74, 6) is 0.589. The highest BCUT2D eigenvalue weighted by Gasteiger charge is 2.71. The van der Waals surface area contributed by atoms with E-state index in [1.54, 1.807) is 0 Å². The van der Waals surface area contributed by atoms with Crippen LogP contribution in [0.1, 0.15) is 48.5 Å². The molecule has 0 spiro atoms. The maximum absolute atomic E-state index is 11.3. The molecule has 1 saturated heterocycles. The van der Waals surface area contributed by atoms with E-state index in [2.05, 4.69) is 27.7 Å². The summed E-state index contributed by atoms with van der Waals surface area (Å²) in [5.41, 5.74) is 0.183. The van der Waals surface area contributed by atoms with Gasteiger partial charge in [-0.1, -0.05) is 53.7 Å². The minimum Gasteiger partial charge on any atom is -0.481 e. The third-order valence-corrected chi connectivity index (χ3v) is 6.00. The molecule has 0 aromatic heterocycles. The van der Waals surface area contributed by atoms with E-state index in [-0.39, 0.29) is 40.7 Å². The number of fused-ring (bicyclic) bond motifs is 1. The van der Waals surface area contributed by atoms with Gasteiger partial charge in [-0.15, -0.1) is 0 Å². The van der Waals surface area contributed by atoms with Crippen LogP contribution in [0.25, 0.3) is 0 Å². The number of hydrogen-bond acceptors (Lipinski definition) is 3. The maximum atomic E-state index is 11.3. The van der Waals surface area contributed by atoms with Gasteiger partial charge in [0.25, 0.3) is 0 Å². The fourth-order valence-electron chi connectivity index (χ4n) is 4.29.